The summed E-state index contributed by atoms with van der Waals surface area (Å²) in [6.45, 7) is 4.99. The molecule has 30 heavy (non-hydrogen) atoms. The Morgan fingerprint density at radius 2 is 1.97 bits per heavy atom. The van der Waals surface area contributed by atoms with Crippen LogP contribution < -0.4 is 15.4 Å². The summed E-state index contributed by atoms with van der Waals surface area (Å²) in [6.07, 6.45) is -0.214. The number of carbonyl (C=O) groups excluding carboxylic acids is 2. The average molecular weight is 432 g/mol. The Bertz CT molecular complexity index is 1100. The van der Waals surface area contributed by atoms with E-state index in [0.717, 1.165) is 9.87 Å². The zero-order valence-electron chi connectivity index (χ0n) is 17.4. The van der Waals surface area contributed by atoms with Gasteiger partial charge in [0.25, 0.3) is 5.91 Å². The Kier molecular flexibility index (Phi) is 6.14. The summed E-state index contributed by atoms with van der Waals surface area (Å²) < 4.78 is 32.9. The second kappa shape index (κ2) is 8.45. The van der Waals surface area contributed by atoms with Gasteiger partial charge in [-0.3, -0.25) is 9.59 Å². The first kappa shape index (κ1) is 21.8. The van der Waals surface area contributed by atoms with E-state index in [1.165, 1.54) is 13.1 Å². The quantitative estimate of drug-likeness (QED) is 0.732. The third kappa shape index (κ3) is 4.47. The molecule has 1 heterocycles. The summed E-state index contributed by atoms with van der Waals surface area (Å²) in [7, 11) is -2.61. The summed E-state index contributed by atoms with van der Waals surface area (Å²) >= 11 is 0. The van der Waals surface area contributed by atoms with Crippen molar-refractivity contribution in [3.63, 3.8) is 0 Å². The van der Waals surface area contributed by atoms with Crippen LogP contribution in [0.2, 0.25) is 0 Å². The standard InChI is InChI=1S/C21H25N3O5S/c1-5-17-21(26)23-16-10-14(3)19(11-18(16)29-17)30(27,28)24(4)12-20(25)22-15-8-6-7-13(2)9-15/h6-11,17H,5,12H2,1-4H3,(H,22,25)(H,23,26)/t17-/m0/s1. The topological polar surface area (TPSA) is 105 Å². The van der Waals surface area contributed by atoms with E-state index < -0.39 is 22.0 Å². The largest absolute Gasteiger partial charge is 0.478 e. The highest BCUT2D eigenvalue weighted by Gasteiger charge is 2.31. The molecule has 1 atom stereocenters. The molecule has 2 aromatic carbocycles. The van der Waals surface area contributed by atoms with Crippen LogP contribution in [0.1, 0.15) is 24.5 Å². The number of rotatable bonds is 6. The highest BCUT2D eigenvalue weighted by atomic mass is 32.2. The Labute approximate surface area is 176 Å². The molecule has 2 amide bonds. The van der Waals surface area contributed by atoms with Gasteiger partial charge in [-0.25, -0.2) is 8.42 Å². The van der Waals surface area contributed by atoms with E-state index in [-0.39, 0.29) is 17.3 Å². The highest BCUT2D eigenvalue weighted by molar-refractivity contribution is 7.89. The minimum atomic E-state index is -3.96. The lowest BCUT2D eigenvalue weighted by molar-refractivity contribution is -0.123. The summed E-state index contributed by atoms with van der Waals surface area (Å²) in [5.41, 5.74) is 2.46. The molecule has 0 unspecified atom stereocenters. The number of nitrogens with one attached hydrogen (secondary N) is 2. The Hall–Kier alpha value is -2.91. The molecule has 1 aliphatic rings. The number of hydrogen-bond donors (Lipinski definition) is 2. The number of nitrogens with zero attached hydrogens (tertiary/aromatic N) is 1. The minimum Gasteiger partial charge on any atom is -0.478 e. The summed E-state index contributed by atoms with van der Waals surface area (Å²) in [4.78, 5) is 24.4. The molecule has 0 aliphatic carbocycles. The number of fused-ring (bicyclic) bond motifs is 1. The lowest BCUT2D eigenvalue weighted by atomic mass is 10.1. The first-order valence-corrected chi connectivity index (χ1v) is 11.0. The minimum absolute atomic E-state index is 0.0260. The lowest BCUT2D eigenvalue weighted by Crippen LogP contribution is -2.37. The zero-order valence-corrected chi connectivity index (χ0v) is 18.2. The third-order valence-corrected chi connectivity index (χ3v) is 6.77. The molecule has 0 spiro atoms. The highest BCUT2D eigenvalue weighted by Crippen LogP contribution is 2.35. The predicted octanol–water partition coefficient (Wildman–Crippen LogP) is 2.67. The van der Waals surface area contributed by atoms with E-state index in [1.54, 1.807) is 25.1 Å². The number of anilines is 2. The molecule has 0 saturated carbocycles. The maximum absolute atomic E-state index is 13.1. The number of benzene rings is 2. The number of hydrogen-bond acceptors (Lipinski definition) is 5. The number of ether oxygens (including phenoxy) is 1. The van der Waals surface area contributed by atoms with E-state index in [1.807, 2.05) is 26.0 Å². The van der Waals surface area contributed by atoms with Gasteiger partial charge in [-0.15, -0.1) is 0 Å². The van der Waals surface area contributed by atoms with Crippen LogP contribution in [0.3, 0.4) is 0 Å². The summed E-state index contributed by atoms with van der Waals surface area (Å²) in [6, 6.07) is 10.2. The second-order valence-corrected chi connectivity index (χ2v) is 9.31. The molecule has 1 aliphatic heterocycles. The normalized spacial score (nSPS) is 15.9. The Balaban J connectivity index is 1.80. The van der Waals surface area contributed by atoms with Crippen LogP contribution in [0, 0.1) is 13.8 Å². The number of amides is 2. The number of aryl methyl sites for hydroxylation is 2. The van der Waals surface area contributed by atoms with Crippen LogP contribution in [0.5, 0.6) is 5.75 Å². The molecule has 0 bridgehead atoms. The van der Waals surface area contributed by atoms with Gasteiger partial charge >= 0.3 is 0 Å². The van der Waals surface area contributed by atoms with Gasteiger partial charge in [-0.1, -0.05) is 19.1 Å². The Morgan fingerprint density at radius 3 is 2.63 bits per heavy atom. The van der Waals surface area contributed by atoms with Crippen molar-refractivity contribution in [2.45, 2.75) is 38.2 Å². The van der Waals surface area contributed by atoms with Crippen LogP contribution >= 0.6 is 0 Å². The fourth-order valence-electron chi connectivity index (χ4n) is 3.21. The molecule has 160 valence electrons. The van der Waals surface area contributed by atoms with Crippen molar-refractivity contribution in [2.24, 2.45) is 0 Å². The van der Waals surface area contributed by atoms with Crippen molar-refractivity contribution < 1.29 is 22.7 Å². The fraction of sp³-hybridized carbons (Fsp3) is 0.333. The summed E-state index contributed by atoms with van der Waals surface area (Å²) in [5, 5.41) is 5.44. The van der Waals surface area contributed by atoms with Gasteiger partial charge in [0.05, 0.1) is 17.1 Å². The van der Waals surface area contributed by atoms with Gasteiger partial charge in [0, 0.05) is 18.8 Å². The van der Waals surface area contributed by atoms with Crippen molar-refractivity contribution in [2.75, 3.05) is 24.2 Å². The molecule has 2 N–H and O–H groups in total. The SMILES string of the molecule is CC[C@@H]1Oc2cc(S(=O)(=O)N(C)CC(=O)Nc3cccc(C)c3)c(C)cc2NC1=O. The van der Waals surface area contributed by atoms with E-state index in [4.69, 9.17) is 4.74 Å². The van der Waals surface area contributed by atoms with Crippen LogP contribution in [0.25, 0.3) is 0 Å². The molecule has 0 radical (unpaired) electrons. The van der Waals surface area contributed by atoms with Crippen molar-refractivity contribution in [1.29, 1.82) is 0 Å². The monoisotopic (exact) mass is 431 g/mol. The third-order valence-electron chi connectivity index (χ3n) is 4.82. The second-order valence-electron chi connectivity index (χ2n) is 7.30. The average Bonchev–Trinajstić information content (AvgIpc) is 2.66. The van der Waals surface area contributed by atoms with Crippen molar-refractivity contribution in [3.05, 3.63) is 47.5 Å². The van der Waals surface area contributed by atoms with Crippen molar-refractivity contribution in [1.82, 2.24) is 4.31 Å². The van der Waals surface area contributed by atoms with Gasteiger partial charge in [-0.2, -0.15) is 4.31 Å². The molecule has 9 heteroatoms. The summed E-state index contributed by atoms with van der Waals surface area (Å²) in [5.74, 6) is -0.412. The van der Waals surface area contributed by atoms with Crippen molar-refractivity contribution >= 4 is 33.2 Å². The fourth-order valence-corrected chi connectivity index (χ4v) is 4.55. The predicted molar refractivity (Wildman–Crippen MR) is 114 cm³/mol. The number of likely N-dealkylation sites (N-methyl/N-ethyl adjacent to an activating group) is 1. The van der Waals surface area contributed by atoms with E-state index in [0.29, 0.717) is 29.1 Å². The van der Waals surface area contributed by atoms with Gasteiger partial charge in [-0.05, 0) is 49.6 Å². The van der Waals surface area contributed by atoms with Crippen LogP contribution in [0.15, 0.2) is 41.3 Å². The molecule has 2 aromatic rings. The molecular weight excluding hydrogens is 406 g/mol. The first-order chi connectivity index (χ1) is 14.1. The molecule has 0 saturated heterocycles. The maximum atomic E-state index is 13.1. The molecular formula is C21H25N3O5S. The molecule has 3 rings (SSSR count). The van der Waals surface area contributed by atoms with E-state index in [2.05, 4.69) is 10.6 Å². The molecule has 0 fully saturated rings. The van der Waals surface area contributed by atoms with Crippen LogP contribution in [-0.2, 0) is 19.6 Å². The smallest absolute Gasteiger partial charge is 0.265 e. The molecule has 8 nitrogen and oxygen atoms in total. The van der Waals surface area contributed by atoms with E-state index >= 15 is 0 Å². The lowest BCUT2D eigenvalue weighted by Gasteiger charge is -2.27. The van der Waals surface area contributed by atoms with Crippen LogP contribution in [-0.4, -0.2) is 44.2 Å². The Morgan fingerprint density at radius 1 is 1.23 bits per heavy atom. The van der Waals surface area contributed by atoms with Gasteiger partial charge in [0.2, 0.25) is 15.9 Å². The van der Waals surface area contributed by atoms with Crippen LogP contribution in [0.4, 0.5) is 11.4 Å². The maximum Gasteiger partial charge on any atom is 0.265 e. The van der Waals surface area contributed by atoms with Gasteiger partial charge in [0.1, 0.15) is 5.75 Å². The zero-order chi connectivity index (χ0) is 22.1. The first-order valence-electron chi connectivity index (χ1n) is 9.57. The van der Waals surface area contributed by atoms with E-state index in [9.17, 15) is 18.0 Å². The van der Waals surface area contributed by atoms with Gasteiger partial charge < -0.3 is 15.4 Å². The van der Waals surface area contributed by atoms with Gasteiger partial charge in [0.15, 0.2) is 6.10 Å². The van der Waals surface area contributed by atoms with Crippen molar-refractivity contribution in [3.8, 4) is 5.75 Å². The number of sulfonamides is 1. The number of carbonyl (C=O) groups is 2. The molecule has 0 aromatic heterocycles.